The van der Waals surface area contributed by atoms with Gasteiger partial charge in [-0.25, -0.2) is 14.3 Å². The van der Waals surface area contributed by atoms with Gasteiger partial charge in [0.1, 0.15) is 11.9 Å². The van der Waals surface area contributed by atoms with E-state index in [2.05, 4.69) is 15.0 Å². The van der Waals surface area contributed by atoms with Gasteiger partial charge in [0, 0.05) is 44.1 Å². The van der Waals surface area contributed by atoms with Crippen LogP contribution in [0.4, 0.5) is 10.6 Å². The van der Waals surface area contributed by atoms with E-state index < -0.39 is 17.7 Å². The third kappa shape index (κ3) is 4.66. The molecule has 164 valence electrons. The lowest BCUT2D eigenvalue weighted by atomic mass is 9.96. The molecule has 1 atom stereocenters. The van der Waals surface area contributed by atoms with Gasteiger partial charge in [0.15, 0.2) is 5.65 Å². The van der Waals surface area contributed by atoms with E-state index in [1.807, 2.05) is 52.9 Å². The molecule has 3 heterocycles. The fourth-order valence-corrected chi connectivity index (χ4v) is 3.99. The quantitative estimate of drug-likeness (QED) is 0.805. The summed E-state index contributed by atoms with van der Waals surface area (Å²) in [5.74, 6) is 0.933. The Bertz CT molecular complexity index is 896. The van der Waals surface area contributed by atoms with Gasteiger partial charge in [0.2, 0.25) is 5.91 Å². The van der Waals surface area contributed by atoms with Gasteiger partial charge in [0.25, 0.3) is 0 Å². The Hall–Kier alpha value is -2.84. The van der Waals surface area contributed by atoms with Gasteiger partial charge in [-0.2, -0.15) is 0 Å². The Kier molecular flexibility index (Phi) is 6.19. The number of rotatable bonds is 5. The summed E-state index contributed by atoms with van der Waals surface area (Å²) in [5, 5.41) is 14.4. The molecular formula is C21H32N6O3. The minimum Gasteiger partial charge on any atom is -0.465 e. The van der Waals surface area contributed by atoms with E-state index in [0.29, 0.717) is 32.6 Å². The van der Waals surface area contributed by atoms with E-state index in [1.54, 1.807) is 15.6 Å². The molecular weight excluding hydrogens is 384 g/mol. The molecule has 1 saturated heterocycles. The molecule has 2 aromatic rings. The number of amides is 2. The van der Waals surface area contributed by atoms with Crippen LogP contribution >= 0.6 is 0 Å². The normalized spacial score (nSPS) is 16.2. The number of aromatic nitrogens is 3. The fourth-order valence-electron chi connectivity index (χ4n) is 3.99. The highest BCUT2D eigenvalue weighted by molar-refractivity contribution is 5.86. The van der Waals surface area contributed by atoms with E-state index in [0.717, 1.165) is 11.5 Å². The first-order chi connectivity index (χ1) is 14.1. The van der Waals surface area contributed by atoms with Gasteiger partial charge < -0.3 is 14.9 Å². The lowest BCUT2D eigenvalue weighted by Crippen LogP contribution is -2.60. The van der Waals surface area contributed by atoms with E-state index >= 15 is 0 Å². The largest absolute Gasteiger partial charge is 0.465 e. The van der Waals surface area contributed by atoms with E-state index in [9.17, 15) is 14.7 Å². The van der Waals surface area contributed by atoms with Gasteiger partial charge in [-0.15, -0.1) is 5.10 Å². The highest BCUT2D eigenvalue weighted by Gasteiger charge is 2.40. The SMILES string of the molecule is CC(C)C[C@@H](C(=O)N1CCN(c2ccc3nccn3n2)CC1)N(C(=O)O)C(C)(C)C. The van der Waals surface area contributed by atoms with Crippen LogP contribution < -0.4 is 4.90 Å². The van der Waals surface area contributed by atoms with Gasteiger partial charge in [-0.05, 0) is 45.2 Å². The number of carboxylic acid groups (broad SMARTS) is 1. The van der Waals surface area contributed by atoms with E-state index in [-0.39, 0.29) is 11.8 Å². The Morgan fingerprint density at radius 3 is 2.40 bits per heavy atom. The zero-order valence-electron chi connectivity index (χ0n) is 18.4. The predicted octanol–water partition coefficient (Wildman–Crippen LogP) is 2.57. The molecule has 1 aliphatic rings. The number of imidazole rings is 1. The van der Waals surface area contributed by atoms with Crippen molar-refractivity contribution < 1.29 is 14.7 Å². The second kappa shape index (κ2) is 8.49. The second-order valence-corrected chi connectivity index (χ2v) is 9.20. The number of piperazine rings is 1. The van der Waals surface area contributed by atoms with Gasteiger partial charge in [-0.1, -0.05) is 13.8 Å². The van der Waals surface area contributed by atoms with Crippen molar-refractivity contribution in [3.8, 4) is 0 Å². The number of anilines is 1. The first-order valence-corrected chi connectivity index (χ1v) is 10.4. The van der Waals surface area contributed by atoms with Crippen LogP contribution in [0.5, 0.6) is 0 Å². The molecule has 0 saturated carbocycles. The molecule has 2 amide bonds. The maximum atomic E-state index is 13.4. The molecule has 1 aliphatic heterocycles. The van der Waals surface area contributed by atoms with Crippen LogP contribution in [0, 0.1) is 5.92 Å². The number of fused-ring (bicyclic) bond motifs is 1. The molecule has 0 aromatic carbocycles. The van der Waals surface area contributed by atoms with Crippen LogP contribution in [0.2, 0.25) is 0 Å². The molecule has 1 fully saturated rings. The molecule has 9 heteroatoms. The van der Waals surface area contributed by atoms with Crippen LogP contribution in [0.1, 0.15) is 41.0 Å². The Balaban J connectivity index is 1.72. The molecule has 2 aromatic heterocycles. The summed E-state index contributed by atoms with van der Waals surface area (Å²) in [7, 11) is 0. The zero-order valence-corrected chi connectivity index (χ0v) is 18.4. The summed E-state index contributed by atoms with van der Waals surface area (Å²) in [6.45, 7) is 11.9. The van der Waals surface area contributed by atoms with Crippen LogP contribution in [0.25, 0.3) is 5.65 Å². The van der Waals surface area contributed by atoms with E-state index in [4.69, 9.17) is 0 Å². The molecule has 0 bridgehead atoms. The maximum absolute atomic E-state index is 13.4. The zero-order chi connectivity index (χ0) is 22.1. The molecule has 1 N–H and O–H groups in total. The Morgan fingerprint density at radius 2 is 1.83 bits per heavy atom. The average Bonchev–Trinajstić information content (AvgIpc) is 3.13. The van der Waals surface area contributed by atoms with Gasteiger partial charge in [-0.3, -0.25) is 9.69 Å². The number of hydrogen-bond donors (Lipinski definition) is 1. The van der Waals surface area contributed by atoms with Crippen molar-refractivity contribution in [3.63, 3.8) is 0 Å². The first-order valence-electron chi connectivity index (χ1n) is 10.4. The first kappa shape index (κ1) is 21.9. The maximum Gasteiger partial charge on any atom is 0.408 e. The minimum atomic E-state index is -1.06. The predicted molar refractivity (Wildman–Crippen MR) is 115 cm³/mol. The summed E-state index contributed by atoms with van der Waals surface area (Å²) < 4.78 is 1.74. The van der Waals surface area contributed by atoms with Crippen LogP contribution in [-0.4, -0.2) is 79.3 Å². The smallest absolute Gasteiger partial charge is 0.408 e. The lowest BCUT2D eigenvalue weighted by Gasteiger charge is -2.43. The molecule has 30 heavy (non-hydrogen) atoms. The third-order valence-electron chi connectivity index (χ3n) is 5.38. The average molecular weight is 417 g/mol. The van der Waals surface area contributed by atoms with Crippen molar-refractivity contribution >= 4 is 23.5 Å². The second-order valence-electron chi connectivity index (χ2n) is 9.20. The Morgan fingerprint density at radius 1 is 1.17 bits per heavy atom. The molecule has 0 unspecified atom stereocenters. The van der Waals surface area contributed by atoms with Crippen molar-refractivity contribution in [1.29, 1.82) is 0 Å². The number of hydrogen-bond acceptors (Lipinski definition) is 5. The van der Waals surface area contributed by atoms with E-state index in [1.165, 1.54) is 4.90 Å². The highest BCUT2D eigenvalue weighted by Crippen LogP contribution is 2.24. The summed E-state index contributed by atoms with van der Waals surface area (Å²) in [5.41, 5.74) is 0.132. The fraction of sp³-hybridized carbons (Fsp3) is 0.619. The monoisotopic (exact) mass is 416 g/mol. The number of nitrogens with zero attached hydrogens (tertiary/aromatic N) is 6. The molecule has 0 aliphatic carbocycles. The number of carbonyl (C=O) groups excluding carboxylic acids is 1. The molecule has 3 rings (SSSR count). The van der Waals surface area contributed by atoms with Crippen molar-refractivity contribution in [1.82, 2.24) is 24.4 Å². The lowest BCUT2D eigenvalue weighted by molar-refractivity contribution is -0.139. The van der Waals surface area contributed by atoms with Crippen LogP contribution in [0.3, 0.4) is 0 Å². The summed E-state index contributed by atoms with van der Waals surface area (Å²) in [6.07, 6.45) is 2.96. The van der Waals surface area contributed by atoms with Crippen molar-refractivity contribution in [3.05, 3.63) is 24.5 Å². The highest BCUT2D eigenvalue weighted by atomic mass is 16.4. The van der Waals surface area contributed by atoms with Crippen molar-refractivity contribution in [2.24, 2.45) is 5.92 Å². The standard InChI is InChI=1S/C21H32N6O3/c1-15(2)14-16(27(20(29)30)21(3,4)5)19(28)25-12-10-24(11-13-25)18-7-6-17-22-8-9-26(17)23-18/h6-9,15-16H,10-14H2,1-5H3,(H,29,30)/t16-/m0/s1. The Labute approximate surface area is 177 Å². The van der Waals surface area contributed by atoms with Crippen molar-refractivity contribution in [2.75, 3.05) is 31.1 Å². The van der Waals surface area contributed by atoms with Crippen molar-refractivity contribution in [2.45, 2.75) is 52.6 Å². The minimum absolute atomic E-state index is 0.112. The number of carbonyl (C=O) groups is 2. The summed E-state index contributed by atoms with van der Waals surface area (Å²) in [4.78, 5) is 34.9. The molecule has 0 spiro atoms. The third-order valence-corrected chi connectivity index (χ3v) is 5.38. The van der Waals surface area contributed by atoms with Crippen LogP contribution in [0.15, 0.2) is 24.5 Å². The summed E-state index contributed by atoms with van der Waals surface area (Å²) >= 11 is 0. The molecule has 0 radical (unpaired) electrons. The van der Waals surface area contributed by atoms with Gasteiger partial charge >= 0.3 is 6.09 Å². The van der Waals surface area contributed by atoms with Gasteiger partial charge in [0.05, 0.1) is 0 Å². The van der Waals surface area contributed by atoms with Crippen LogP contribution in [-0.2, 0) is 4.79 Å². The molecule has 9 nitrogen and oxygen atoms in total. The summed E-state index contributed by atoms with van der Waals surface area (Å²) in [6, 6.07) is 3.18. The topological polar surface area (TPSA) is 94.3 Å².